The fourth-order valence-electron chi connectivity index (χ4n) is 9.98. The molecular weight excluding hydrogens is 707 g/mol. The lowest BCUT2D eigenvalue weighted by molar-refractivity contribution is 0.224. The Hall–Kier alpha value is -7.10. The Balaban J connectivity index is 1.01. The molecule has 58 heavy (non-hydrogen) atoms. The van der Waals surface area contributed by atoms with E-state index in [0.29, 0.717) is 0 Å². The quantitative estimate of drug-likeness (QED) is 0.175. The summed E-state index contributed by atoms with van der Waals surface area (Å²) in [5.74, 6) is 1.13. The number of ether oxygens (including phenoxy) is 1. The van der Waals surface area contributed by atoms with Crippen molar-refractivity contribution in [2.24, 2.45) is 0 Å². The zero-order valence-electron chi connectivity index (χ0n) is 32.3. The van der Waals surface area contributed by atoms with Crippen LogP contribution in [0.4, 0.5) is 17.1 Å². The topological polar surface area (TPSA) is 25.6 Å². The third-order valence-electron chi connectivity index (χ3n) is 12.9. The molecular formula is C55H39NO2. The Morgan fingerprint density at radius 2 is 1.19 bits per heavy atom. The molecule has 0 spiro atoms. The number of fused-ring (bicyclic) bond motifs is 11. The molecule has 2 heterocycles. The first-order valence-corrected chi connectivity index (χ1v) is 20.2. The highest BCUT2D eigenvalue weighted by Gasteiger charge is 2.39. The molecule has 3 nitrogen and oxygen atoms in total. The van der Waals surface area contributed by atoms with E-state index in [0.717, 1.165) is 67.0 Å². The normalized spacial score (nSPS) is 16.7. The Bertz CT molecular complexity index is 3150. The van der Waals surface area contributed by atoms with E-state index in [9.17, 15) is 0 Å². The van der Waals surface area contributed by atoms with Crippen molar-refractivity contribution in [3.8, 4) is 39.1 Å². The van der Waals surface area contributed by atoms with E-state index in [1.54, 1.807) is 0 Å². The maximum atomic E-state index is 7.03. The molecule has 2 aliphatic carbocycles. The molecule has 2 unspecified atom stereocenters. The molecule has 1 aliphatic heterocycles. The maximum absolute atomic E-state index is 7.03. The van der Waals surface area contributed by atoms with Crippen LogP contribution in [-0.2, 0) is 5.41 Å². The molecule has 2 atom stereocenters. The van der Waals surface area contributed by atoms with Crippen molar-refractivity contribution in [1.29, 1.82) is 0 Å². The number of hydrogen-bond acceptors (Lipinski definition) is 3. The van der Waals surface area contributed by atoms with Crippen LogP contribution in [0.2, 0.25) is 0 Å². The summed E-state index contributed by atoms with van der Waals surface area (Å²) >= 11 is 0. The largest absolute Gasteiger partial charge is 0.484 e. The molecule has 0 radical (unpaired) electrons. The highest BCUT2D eigenvalue weighted by Crippen LogP contribution is 2.56. The van der Waals surface area contributed by atoms with Crippen molar-refractivity contribution in [3.63, 3.8) is 0 Å². The third kappa shape index (κ3) is 4.86. The van der Waals surface area contributed by atoms with Gasteiger partial charge in [0.05, 0.1) is 5.69 Å². The zero-order valence-corrected chi connectivity index (χ0v) is 32.3. The summed E-state index contributed by atoms with van der Waals surface area (Å²) in [6.45, 7) is 4.70. The van der Waals surface area contributed by atoms with Crippen LogP contribution in [0.15, 0.2) is 186 Å². The summed E-state index contributed by atoms with van der Waals surface area (Å²) in [4.78, 5) is 2.43. The number of anilines is 3. The van der Waals surface area contributed by atoms with Crippen LogP contribution < -0.4 is 9.64 Å². The van der Waals surface area contributed by atoms with Crippen molar-refractivity contribution < 1.29 is 9.15 Å². The number of hydrogen-bond donors (Lipinski definition) is 0. The smallest absolute Gasteiger partial charge is 0.135 e. The van der Waals surface area contributed by atoms with E-state index in [1.807, 2.05) is 12.1 Å². The molecule has 8 aromatic carbocycles. The Morgan fingerprint density at radius 1 is 0.500 bits per heavy atom. The van der Waals surface area contributed by atoms with Gasteiger partial charge < -0.3 is 14.1 Å². The highest BCUT2D eigenvalue weighted by atomic mass is 16.5. The van der Waals surface area contributed by atoms with Crippen molar-refractivity contribution in [3.05, 3.63) is 210 Å². The van der Waals surface area contributed by atoms with Crippen LogP contribution in [0.25, 0.3) is 61.4 Å². The lowest BCUT2D eigenvalue weighted by Gasteiger charge is -2.30. The fraction of sp³-hybridized carbons (Fsp3) is 0.0909. The van der Waals surface area contributed by atoms with Gasteiger partial charge in [-0.25, -0.2) is 0 Å². The molecule has 0 N–H and O–H groups in total. The predicted octanol–water partition coefficient (Wildman–Crippen LogP) is 14.9. The first-order valence-electron chi connectivity index (χ1n) is 20.2. The molecule has 0 saturated carbocycles. The molecule has 9 aromatic rings. The summed E-state index contributed by atoms with van der Waals surface area (Å²) < 4.78 is 13.2. The maximum Gasteiger partial charge on any atom is 0.135 e. The van der Waals surface area contributed by atoms with Crippen LogP contribution in [-0.4, -0.2) is 0 Å². The van der Waals surface area contributed by atoms with Gasteiger partial charge in [0, 0.05) is 55.7 Å². The van der Waals surface area contributed by atoms with E-state index < -0.39 is 0 Å². The molecule has 0 bridgehead atoms. The Labute approximate surface area is 338 Å². The minimum absolute atomic E-state index is 0.0482. The van der Waals surface area contributed by atoms with Gasteiger partial charge in [0.1, 0.15) is 23.0 Å². The minimum Gasteiger partial charge on any atom is -0.484 e. The Kier molecular flexibility index (Phi) is 7.10. The van der Waals surface area contributed by atoms with Gasteiger partial charge in [-0.05, 0) is 87.5 Å². The average molecular weight is 746 g/mol. The van der Waals surface area contributed by atoms with Crippen molar-refractivity contribution in [1.82, 2.24) is 0 Å². The summed E-state index contributed by atoms with van der Waals surface area (Å²) in [6.07, 6.45) is 4.52. The Morgan fingerprint density at radius 3 is 2.10 bits per heavy atom. The molecule has 3 heteroatoms. The number of para-hydroxylation sites is 3. The van der Waals surface area contributed by atoms with Crippen LogP contribution in [0, 0.1) is 0 Å². The van der Waals surface area contributed by atoms with Crippen LogP contribution in [0.3, 0.4) is 0 Å². The molecule has 12 rings (SSSR count). The third-order valence-corrected chi connectivity index (χ3v) is 12.9. The van der Waals surface area contributed by atoms with Gasteiger partial charge in [-0.3, -0.25) is 0 Å². The van der Waals surface area contributed by atoms with Crippen LogP contribution in [0.1, 0.15) is 53.7 Å². The van der Waals surface area contributed by atoms with Gasteiger partial charge in [0.2, 0.25) is 0 Å². The lowest BCUT2D eigenvalue weighted by atomic mass is 9.82. The van der Waals surface area contributed by atoms with Gasteiger partial charge in [-0.2, -0.15) is 0 Å². The summed E-state index contributed by atoms with van der Waals surface area (Å²) in [6, 6.07) is 63.8. The molecule has 0 fully saturated rings. The van der Waals surface area contributed by atoms with Gasteiger partial charge in [0.25, 0.3) is 0 Å². The van der Waals surface area contributed by atoms with E-state index in [2.05, 4.69) is 195 Å². The van der Waals surface area contributed by atoms with Crippen molar-refractivity contribution in [2.75, 3.05) is 4.90 Å². The molecule has 276 valence electrons. The number of furan rings is 1. The first kappa shape index (κ1) is 33.1. The second-order valence-corrected chi connectivity index (χ2v) is 16.4. The first-order chi connectivity index (χ1) is 28.5. The summed E-state index contributed by atoms with van der Waals surface area (Å²) in [5, 5.41) is 2.27. The molecule has 0 saturated heterocycles. The van der Waals surface area contributed by atoms with E-state index >= 15 is 0 Å². The monoisotopic (exact) mass is 745 g/mol. The predicted molar refractivity (Wildman–Crippen MR) is 238 cm³/mol. The van der Waals surface area contributed by atoms with Gasteiger partial charge in [0.15, 0.2) is 0 Å². The van der Waals surface area contributed by atoms with E-state index in [-0.39, 0.29) is 17.4 Å². The minimum atomic E-state index is -0.138. The second-order valence-electron chi connectivity index (χ2n) is 16.4. The lowest BCUT2D eigenvalue weighted by Crippen LogP contribution is -2.17. The average Bonchev–Trinajstić information content (AvgIpc) is 3.92. The molecule has 0 amide bonds. The SMILES string of the molecule is CC1(C)c2ccccc2-c2ccc(N(c3ccc(-c4ccc5oc6ccccc6c5c4)cc3)c3ccccc3-c3cccc4c3OC3c5ccccc5C=CC43)cc21. The van der Waals surface area contributed by atoms with Crippen LogP contribution >= 0.6 is 0 Å². The number of benzene rings is 8. The molecule has 3 aliphatic rings. The van der Waals surface area contributed by atoms with Gasteiger partial charge >= 0.3 is 0 Å². The summed E-state index contributed by atoms with van der Waals surface area (Å²) in [5.41, 5.74) is 18.5. The standard InChI is InChI=1S/C55H39NO2/c1-55(2)48-19-8-5-14-40(48)41-30-28-38(33-49(41)55)56(37-26-22-34(23-27-37)36-25-31-52-47(32-36)43-16-7-10-21-51(43)57-52)50-20-9-6-15-42(50)44-17-11-18-45-46-29-24-35-12-3-4-13-39(35)53(46)58-54(44)45/h3-33,46,53H,1-2H3. The van der Waals surface area contributed by atoms with Gasteiger partial charge in [-0.15, -0.1) is 0 Å². The van der Waals surface area contributed by atoms with Crippen LogP contribution in [0.5, 0.6) is 5.75 Å². The second kappa shape index (κ2) is 12.4. The van der Waals surface area contributed by atoms with Crippen molar-refractivity contribution in [2.45, 2.75) is 31.3 Å². The highest BCUT2D eigenvalue weighted by molar-refractivity contribution is 6.06. The number of nitrogens with zero attached hydrogens (tertiary/aromatic N) is 1. The zero-order chi connectivity index (χ0) is 38.5. The summed E-state index contributed by atoms with van der Waals surface area (Å²) in [7, 11) is 0. The van der Waals surface area contributed by atoms with E-state index in [4.69, 9.17) is 9.15 Å². The number of rotatable bonds is 5. The molecule has 1 aromatic heterocycles. The van der Waals surface area contributed by atoms with Crippen molar-refractivity contribution >= 4 is 45.1 Å². The fourth-order valence-corrected chi connectivity index (χ4v) is 9.98. The van der Waals surface area contributed by atoms with E-state index in [1.165, 1.54) is 38.9 Å². The van der Waals surface area contributed by atoms with Gasteiger partial charge in [-0.1, -0.05) is 153 Å².